The largest absolute Gasteiger partial charge is 0.359 e. The van der Waals surface area contributed by atoms with Crippen molar-refractivity contribution in [3.05, 3.63) is 11.6 Å². The number of hydrogen-bond acceptors (Lipinski definition) is 3. The van der Waals surface area contributed by atoms with Crippen molar-refractivity contribution in [2.24, 2.45) is 0 Å². The molecule has 3 heteroatoms. The maximum atomic E-state index is 3.98. The zero-order chi connectivity index (χ0) is 6.10. The SMILES string of the molecule is [c]1csc(NC2CC2)n1. The lowest BCUT2D eigenvalue weighted by Gasteiger charge is -1.94. The molecule has 0 bridgehead atoms. The predicted octanol–water partition coefficient (Wildman–Crippen LogP) is 1.52. The second-order valence-electron chi connectivity index (χ2n) is 2.20. The number of thiazole rings is 1. The molecule has 1 aliphatic rings. The summed E-state index contributed by atoms with van der Waals surface area (Å²) in [5, 5.41) is 6.15. The Kier molecular flexibility index (Phi) is 1.16. The summed E-state index contributed by atoms with van der Waals surface area (Å²) in [5.74, 6) is 0. The van der Waals surface area contributed by atoms with E-state index in [-0.39, 0.29) is 0 Å². The molecule has 1 radical (unpaired) electrons. The minimum Gasteiger partial charge on any atom is -0.359 e. The third-order valence-corrected chi connectivity index (χ3v) is 1.95. The smallest absolute Gasteiger partial charge is 0.183 e. The van der Waals surface area contributed by atoms with Crippen LogP contribution in [-0.4, -0.2) is 11.0 Å². The standard InChI is InChI=1S/C6H7N2S/c1-2-5(1)8-6-7-3-4-9-6/h4-5H,1-2H2,(H,7,8). The molecule has 0 aliphatic heterocycles. The number of aromatic nitrogens is 1. The molecule has 0 spiro atoms. The van der Waals surface area contributed by atoms with Gasteiger partial charge >= 0.3 is 0 Å². The average Bonchev–Trinajstić information content (AvgIpc) is 2.46. The fourth-order valence-corrected chi connectivity index (χ4v) is 1.22. The quantitative estimate of drug-likeness (QED) is 0.672. The topological polar surface area (TPSA) is 24.9 Å². The lowest BCUT2D eigenvalue weighted by molar-refractivity contribution is 1.14. The Bertz CT molecular complexity index is 179. The Morgan fingerprint density at radius 1 is 1.78 bits per heavy atom. The molecule has 1 fully saturated rings. The van der Waals surface area contributed by atoms with Crippen LogP contribution in [0.2, 0.25) is 0 Å². The van der Waals surface area contributed by atoms with E-state index in [2.05, 4.69) is 16.5 Å². The molecule has 1 N–H and O–H groups in total. The van der Waals surface area contributed by atoms with Crippen LogP contribution in [0.5, 0.6) is 0 Å². The third kappa shape index (κ3) is 1.21. The van der Waals surface area contributed by atoms with E-state index >= 15 is 0 Å². The van der Waals surface area contributed by atoms with E-state index < -0.39 is 0 Å². The van der Waals surface area contributed by atoms with Crippen LogP contribution in [0.25, 0.3) is 0 Å². The van der Waals surface area contributed by atoms with Gasteiger partial charge in [0.15, 0.2) is 5.13 Å². The van der Waals surface area contributed by atoms with Gasteiger partial charge in [0.25, 0.3) is 0 Å². The molecule has 2 nitrogen and oxygen atoms in total. The number of hydrogen-bond donors (Lipinski definition) is 1. The van der Waals surface area contributed by atoms with Crippen LogP contribution in [0.15, 0.2) is 5.38 Å². The normalized spacial score (nSPS) is 17.8. The zero-order valence-corrected chi connectivity index (χ0v) is 5.74. The fraction of sp³-hybridized carbons (Fsp3) is 0.500. The first kappa shape index (κ1) is 5.23. The van der Waals surface area contributed by atoms with E-state index in [1.54, 1.807) is 11.3 Å². The van der Waals surface area contributed by atoms with Crippen LogP contribution in [0.3, 0.4) is 0 Å². The van der Waals surface area contributed by atoms with Gasteiger partial charge in [-0.3, -0.25) is 0 Å². The number of anilines is 1. The Morgan fingerprint density at radius 3 is 3.22 bits per heavy atom. The van der Waals surface area contributed by atoms with Crippen molar-refractivity contribution in [2.75, 3.05) is 5.32 Å². The van der Waals surface area contributed by atoms with Crippen molar-refractivity contribution in [1.29, 1.82) is 0 Å². The first-order chi connectivity index (χ1) is 4.45. The highest BCUT2D eigenvalue weighted by atomic mass is 32.1. The Balaban J connectivity index is 1.99. The number of nitrogens with one attached hydrogen (secondary N) is 1. The van der Waals surface area contributed by atoms with E-state index in [1.807, 2.05) is 5.38 Å². The molecule has 0 amide bonds. The van der Waals surface area contributed by atoms with Crippen LogP contribution >= 0.6 is 11.3 Å². The van der Waals surface area contributed by atoms with E-state index in [0.29, 0.717) is 6.04 Å². The molecule has 1 aliphatic carbocycles. The van der Waals surface area contributed by atoms with Crippen molar-refractivity contribution in [3.8, 4) is 0 Å². The van der Waals surface area contributed by atoms with Crippen molar-refractivity contribution >= 4 is 16.5 Å². The highest BCUT2D eigenvalue weighted by Gasteiger charge is 2.21. The molecule has 0 unspecified atom stereocenters. The third-order valence-electron chi connectivity index (χ3n) is 1.29. The Labute approximate surface area is 57.9 Å². The van der Waals surface area contributed by atoms with Gasteiger partial charge in [-0.2, -0.15) is 0 Å². The summed E-state index contributed by atoms with van der Waals surface area (Å²) in [6, 6.07) is 0.713. The van der Waals surface area contributed by atoms with Crippen LogP contribution in [0, 0.1) is 6.20 Å². The van der Waals surface area contributed by atoms with E-state index in [0.717, 1.165) is 5.13 Å². The molecule has 1 aromatic heterocycles. The molecule has 0 saturated heterocycles. The molecular weight excluding hydrogens is 132 g/mol. The highest BCUT2D eigenvalue weighted by Crippen LogP contribution is 2.25. The number of rotatable bonds is 2. The number of nitrogens with zero attached hydrogens (tertiary/aromatic N) is 1. The minimum atomic E-state index is 0.713. The van der Waals surface area contributed by atoms with Crippen molar-refractivity contribution in [1.82, 2.24) is 4.98 Å². The molecule has 0 atom stereocenters. The fourth-order valence-electron chi connectivity index (χ4n) is 0.662. The van der Waals surface area contributed by atoms with Gasteiger partial charge in [0.1, 0.15) is 6.20 Å². The summed E-state index contributed by atoms with van der Waals surface area (Å²) in [6.45, 7) is 0. The lowest BCUT2D eigenvalue weighted by Crippen LogP contribution is -1.98. The second-order valence-corrected chi connectivity index (χ2v) is 3.06. The Morgan fingerprint density at radius 2 is 2.67 bits per heavy atom. The van der Waals surface area contributed by atoms with Gasteiger partial charge in [0.2, 0.25) is 0 Å². The second kappa shape index (κ2) is 1.99. The maximum Gasteiger partial charge on any atom is 0.183 e. The molecule has 1 heterocycles. The first-order valence-corrected chi connectivity index (χ1v) is 3.91. The predicted molar refractivity (Wildman–Crippen MR) is 37.6 cm³/mol. The van der Waals surface area contributed by atoms with Gasteiger partial charge in [-0.25, -0.2) is 4.98 Å². The average molecular weight is 139 g/mol. The van der Waals surface area contributed by atoms with Crippen molar-refractivity contribution in [2.45, 2.75) is 18.9 Å². The molecule has 47 valence electrons. The van der Waals surface area contributed by atoms with E-state index in [4.69, 9.17) is 0 Å². The summed E-state index contributed by atoms with van der Waals surface area (Å²) in [6.07, 6.45) is 5.38. The molecule has 2 rings (SSSR count). The summed E-state index contributed by atoms with van der Waals surface area (Å²) < 4.78 is 0. The lowest BCUT2D eigenvalue weighted by atomic mass is 10.7. The van der Waals surface area contributed by atoms with Crippen LogP contribution in [0.1, 0.15) is 12.8 Å². The van der Waals surface area contributed by atoms with Crippen LogP contribution < -0.4 is 5.32 Å². The summed E-state index contributed by atoms with van der Waals surface area (Å²) >= 11 is 1.61. The molecule has 9 heavy (non-hydrogen) atoms. The molecule has 1 aromatic rings. The van der Waals surface area contributed by atoms with Gasteiger partial charge in [-0.05, 0) is 12.8 Å². The molecular formula is C6H7N2S. The minimum absolute atomic E-state index is 0.713. The van der Waals surface area contributed by atoms with Crippen molar-refractivity contribution < 1.29 is 0 Å². The monoisotopic (exact) mass is 139 g/mol. The van der Waals surface area contributed by atoms with E-state index in [9.17, 15) is 0 Å². The highest BCUT2D eigenvalue weighted by molar-refractivity contribution is 7.13. The first-order valence-electron chi connectivity index (χ1n) is 3.03. The zero-order valence-electron chi connectivity index (χ0n) is 4.92. The van der Waals surface area contributed by atoms with Crippen LogP contribution in [-0.2, 0) is 0 Å². The summed E-state index contributed by atoms with van der Waals surface area (Å²) in [4.78, 5) is 3.98. The van der Waals surface area contributed by atoms with E-state index in [1.165, 1.54) is 12.8 Å². The molecule has 0 aromatic carbocycles. The maximum absolute atomic E-state index is 3.98. The summed E-state index contributed by atoms with van der Waals surface area (Å²) in [7, 11) is 0. The van der Waals surface area contributed by atoms with Gasteiger partial charge in [0.05, 0.1) is 0 Å². The van der Waals surface area contributed by atoms with Gasteiger partial charge < -0.3 is 5.32 Å². The van der Waals surface area contributed by atoms with Crippen LogP contribution in [0.4, 0.5) is 5.13 Å². The summed E-state index contributed by atoms with van der Waals surface area (Å²) in [5.41, 5.74) is 0. The van der Waals surface area contributed by atoms with Gasteiger partial charge in [0, 0.05) is 11.4 Å². The van der Waals surface area contributed by atoms with Gasteiger partial charge in [-0.15, -0.1) is 11.3 Å². The van der Waals surface area contributed by atoms with Crippen molar-refractivity contribution in [3.63, 3.8) is 0 Å². The van der Waals surface area contributed by atoms with Gasteiger partial charge in [-0.1, -0.05) is 0 Å². The molecule has 1 saturated carbocycles. The Hall–Kier alpha value is -0.570.